The minimum Gasteiger partial charge on any atom is -0.380 e. The Hall–Kier alpha value is -0.280. The third kappa shape index (κ3) is 3.36. The van der Waals surface area contributed by atoms with Crippen LogP contribution >= 0.6 is 23.2 Å². The van der Waals surface area contributed by atoms with Crippen molar-refractivity contribution in [3.63, 3.8) is 0 Å². The zero-order valence-corrected chi connectivity index (χ0v) is 11.3. The van der Waals surface area contributed by atoms with Gasteiger partial charge in [0, 0.05) is 17.2 Å². The molecule has 0 saturated heterocycles. The van der Waals surface area contributed by atoms with Crippen molar-refractivity contribution in [1.29, 1.82) is 0 Å². The zero-order chi connectivity index (χ0) is 12.1. The van der Waals surface area contributed by atoms with Crippen LogP contribution in [-0.4, -0.2) is 19.8 Å². The number of hydrogen-bond donors (Lipinski definition) is 1. The van der Waals surface area contributed by atoms with E-state index in [9.17, 15) is 0 Å². The summed E-state index contributed by atoms with van der Waals surface area (Å²) in [6.07, 6.45) is 0.0379. The summed E-state index contributed by atoms with van der Waals surface area (Å²) in [5.41, 5.74) is 0.977. The molecule has 0 saturated carbocycles. The van der Waals surface area contributed by atoms with Gasteiger partial charge in [-0.25, -0.2) is 0 Å². The standard InChI is InChI=1S/C12H17Cl2NO/c1-4-15-12(8(2)16-3)10-7-9(13)5-6-11(10)14/h5-8,12,15H,4H2,1-3H3. The fraction of sp³-hybridized carbons (Fsp3) is 0.500. The molecule has 1 aromatic rings. The number of methoxy groups -OCH3 is 1. The first kappa shape index (κ1) is 13.8. The molecule has 0 fully saturated rings. The molecule has 1 rings (SSSR count). The Morgan fingerprint density at radius 1 is 1.38 bits per heavy atom. The summed E-state index contributed by atoms with van der Waals surface area (Å²) in [5, 5.41) is 4.74. The summed E-state index contributed by atoms with van der Waals surface area (Å²) in [5.74, 6) is 0. The number of benzene rings is 1. The second kappa shape index (κ2) is 6.45. The maximum atomic E-state index is 6.17. The van der Waals surface area contributed by atoms with Crippen LogP contribution in [0.15, 0.2) is 18.2 Å². The molecule has 0 amide bonds. The lowest BCUT2D eigenvalue weighted by molar-refractivity contribution is 0.0836. The number of hydrogen-bond acceptors (Lipinski definition) is 2. The van der Waals surface area contributed by atoms with Crippen molar-refractivity contribution in [3.8, 4) is 0 Å². The number of halogens is 2. The van der Waals surface area contributed by atoms with E-state index in [0.717, 1.165) is 12.1 Å². The lowest BCUT2D eigenvalue weighted by Gasteiger charge is -2.25. The smallest absolute Gasteiger partial charge is 0.0738 e. The molecule has 1 N–H and O–H groups in total. The van der Waals surface area contributed by atoms with Gasteiger partial charge in [-0.3, -0.25) is 0 Å². The van der Waals surface area contributed by atoms with E-state index in [-0.39, 0.29) is 12.1 Å². The van der Waals surface area contributed by atoms with Crippen LogP contribution in [-0.2, 0) is 4.74 Å². The average Bonchev–Trinajstić information content (AvgIpc) is 2.28. The highest BCUT2D eigenvalue weighted by Crippen LogP contribution is 2.29. The Balaban J connectivity index is 3.04. The predicted octanol–water partition coefficient (Wildman–Crippen LogP) is 3.68. The summed E-state index contributed by atoms with van der Waals surface area (Å²) in [4.78, 5) is 0. The average molecular weight is 262 g/mol. The zero-order valence-electron chi connectivity index (χ0n) is 9.76. The number of nitrogens with one attached hydrogen (secondary N) is 1. The maximum Gasteiger partial charge on any atom is 0.0738 e. The molecule has 0 aliphatic carbocycles. The van der Waals surface area contributed by atoms with E-state index in [1.807, 2.05) is 26.0 Å². The van der Waals surface area contributed by atoms with Crippen LogP contribution in [0.2, 0.25) is 10.0 Å². The molecule has 4 heteroatoms. The topological polar surface area (TPSA) is 21.3 Å². The van der Waals surface area contributed by atoms with Crippen molar-refractivity contribution >= 4 is 23.2 Å². The van der Waals surface area contributed by atoms with E-state index in [0.29, 0.717) is 10.0 Å². The van der Waals surface area contributed by atoms with Crippen LogP contribution in [0.4, 0.5) is 0 Å². The largest absolute Gasteiger partial charge is 0.380 e. The van der Waals surface area contributed by atoms with Gasteiger partial charge in [-0.15, -0.1) is 0 Å². The van der Waals surface area contributed by atoms with Gasteiger partial charge in [-0.2, -0.15) is 0 Å². The SMILES string of the molecule is CCNC(c1cc(Cl)ccc1Cl)C(C)OC. The van der Waals surface area contributed by atoms with Crippen molar-refractivity contribution in [1.82, 2.24) is 5.32 Å². The van der Waals surface area contributed by atoms with E-state index < -0.39 is 0 Å². The molecule has 2 atom stereocenters. The van der Waals surface area contributed by atoms with Gasteiger partial charge in [-0.05, 0) is 37.2 Å². The van der Waals surface area contributed by atoms with Gasteiger partial charge in [0.15, 0.2) is 0 Å². The summed E-state index contributed by atoms with van der Waals surface area (Å²) >= 11 is 12.2. The fourth-order valence-electron chi connectivity index (χ4n) is 1.64. The van der Waals surface area contributed by atoms with Crippen LogP contribution in [0, 0.1) is 0 Å². The molecule has 2 unspecified atom stereocenters. The summed E-state index contributed by atoms with van der Waals surface area (Å²) in [6, 6.07) is 5.54. The monoisotopic (exact) mass is 261 g/mol. The lowest BCUT2D eigenvalue weighted by atomic mass is 10.0. The third-order valence-electron chi connectivity index (χ3n) is 2.56. The Morgan fingerprint density at radius 2 is 2.06 bits per heavy atom. The minimum atomic E-state index is 0.0379. The highest BCUT2D eigenvalue weighted by atomic mass is 35.5. The molecule has 16 heavy (non-hydrogen) atoms. The van der Waals surface area contributed by atoms with E-state index in [1.165, 1.54) is 0 Å². The summed E-state index contributed by atoms with van der Waals surface area (Å²) in [7, 11) is 1.69. The van der Waals surface area contributed by atoms with Gasteiger partial charge >= 0.3 is 0 Å². The first-order valence-corrected chi connectivity index (χ1v) is 6.06. The molecule has 0 aliphatic heterocycles. The molecule has 0 radical (unpaired) electrons. The maximum absolute atomic E-state index is 6.17. The van der Waals surface area contributed by atoms with Crippen LogP contribution in [0.1, 0.15) is 25.5 Å². The predicted molar refractivity (Wildman–Crippen MR) is 69.4 cm³/mol. The number of likely N-dealkylation sites (N-methyl/N-ethyl adjacent to an activating group) is 1. The van der Waals surface area contributed by atoms with Crippen molar-refractivity contribution in [2.75, 3.05) is 13.7 Å². The Morgan fingerprint density at radius 3 is 2.62 bits per heavy atom. The van der Waals surface area contributed by atoms with Crippen LogP contribution in [0.5, 0.6) is 0 Å². The normalized spacial score (nSPS) is 14.8. The second-order valence-corrected chi connectivity index (χ2v) is 4.49. The van der Waals surface area contributed by atoms with Gasteiger partial charge in [0.1, 0.15) is 0 Å². The molecular weight excluding hydrogens is 245 g/mol. The Labute approximate surface area is 107 Å². The molecule has 2 nitrogen and oxygen atoms in total. The first-order valence-electron chi connectivity index (χ1n) is 5.31. The molecule has 0 bridgehead atoms. The molecular formula is C12H17Cl2NO. The lowest BCUT2D eigenvalue weighted by Crippen LogP contribution is -2.31. The molecule has 0 aromatic heterocycles. The Kier molecular flexibility index (Phi) is 5.56. The first-order chi connectivity index (χ1) is 7.60. The third-order valence-corrected chi connectivity index (χ3v) is 3.14. The molecule has 90 valence electrons. The van der Waals surface area contributed by atoms with Gasteiger partial charge in [0.05, 0.1) is 12.1 Å². The molecule has 1 aromatic carbocycles. The fourth-order valence-corrected chi connectivity index (χ4v) is 2.05. The van der Waals surface area contributed by atoms with E-state index in [1.54, 1.807) is 13.2 Å². The van der Waals surface area contributed by atoms with Crippen molar-refractivity contribution < 1.29 is 4.74 Å². The minimum absolute atomic E-state index is 0.0379. The van der Waals surface area contributed by atoms with Crippen molar-refractivity contribution in [2.45, 2.75) is 26.0 Å². The van der Waals surface area contributed by atoms with Gasteiger partial charge in [-0.1, -0.05) is 30.1 Å². The van der Waals surface area contributed by atoms with E-state index >= 15 is 0 Å². The van der Waals surface area contributed by atoms with E-state index in [2.05, 4.69) is 5.32 Å². The quantitative estimate of drug-likeness (QED) is 0.874. The molecule has 0 aliphatic rings. The molecule has 0 heterocycles. The summed E-state index contributed by atoms with van der Waals surface area (Å²) < 4.78 is 5.35. The van der Waals surface area contributed by atoms with Crippen LogP contribution in [0.25, 0.3) is 0 Å². The highest BCUT2D eigenvalue weighted by molar-refractivity contribution is 6.33. The van der Waals surface area contributed by atoms with E-state index in [4.69, 9.17) is 27.9 Å². The number of rotatable bonds is 5. The van der Waals surface area contributed by atoms with Gasteiger partial charge in [0.25, 0.3) is 0 Å². The Bertz CT molecular complexity index is 344. The van der Waals surface area contributed by atoms with Crippen molar-refractivity contribution in [3.05, 3.63) is 33.8 Å². The van der Waals surface area contributed by atoms with Crippen LogP contribution < -0.4 is 5.32 Å². The molecule has 0 spiro atoms. The number of ether oxygens (including phenoxy) is 1. The highest BCUT2D eigenvalue weighted by Gasteiger charge is 2.20. The second-order valence-electron chi connectivity index (χ2n) is 3.64. The van der Waals surface area contributed by atoms with Crippen LogP contribution in [0.3, 0.4) is 0 Å². The van der Waals surface area contributed by atoms with Crippen molar-refractivity contribution in [2.24, 2.45) is 0 Å². The van der Waals surface area contributed by atoms with Gasteiger partial charge in [0.2, 0.25) is 0 Å². The summed E-state index contributed by atoms with van der Waals surface area (Å²) in [6.45, 7) is 4.90. The van der Waals surface area contributed by atoms with Gasteiger partial charge < -0.3 is 10.1 Å².